The number of aliphatic hydroxyl groups excluding tert-OH is 1. The first-order valence-corrected chi connectivity index (χ1v) is 8.66. The third-order valence-corrected chi connectivity index (χ3v) is 4.31. The van der Waals surface area contributed by atoms with Gasteiger partial charge in [-0.25, -0.2) is 4.39 Å². The third-order valence-electron chi connectivity index (χ3n) is 4.31. The Kier molecular flexibility index (Phi) is 5.66. The Labute approximate surface area is 156 Å². The Balaban J connectivity index is 1.62. The molecule has 0 bridgehead atoms. The molecule has 5 nitrogen and oxygen atoms in total. The predicted octanol–water partition coefficient (Wildman–Crippen LogP) is 3.16. The first-order valence-electron chi connectivity index (χ1n) is 8.66. The Morgan fingerprint density at radius 3 is 2.63 bits per heavy atom. The number of halogens is 1. The number of benzene rings is 2. The van der Waals surface area contributed by atoms with Gasteiger partial charge in [0.1, 0.15) is 24.3 Å². The number of hydrogen-bond acceptors (Lipinski definition) is 4. The summed E-state index contributed by atoms with van der Waals surface area (Å²) in [6.45, 7) is 3.70. The lowest BCUT2D eigenvalue weighted by atomic mass is 10.0. The van der Waals surface area contributed by atoms with Gasteiger partial charge in [-0.1, -0.05) is 18.2 Å². The Morgan fingerprint density at radius 2 is 1.89 bits per heavy atom. The average molecular weight is 368 g/mol. The molecule has 0 radical (unpaired) electrons. The van der Waals surface area contributed by atoms with Crippen molar-refractivity contribution in [3.8, 4) is 5.75 Å². The van der Waals surface area contributed by atoms with Crippen LogP contribution in [-0.4, -0.2) is 35.3 Å². The summed E-state index contributed by atoms with van der Waals surface area (Å²) < 4.78 is 18.2. The largest absolute Gasteiger partial charge is 0.491 e. The molecule has 0 aliphatic carbocycles. The highest BCUT2D eigenvalue weighted by atomic mass is 19.1. The van der Waals surface area contributed by atoms with Crippen LogP contribution in [0.5, 0.6) is 5.75 Å². The lowest BCUT2D eigenvalue weighted by Crippen LogP contribution is -2.36. The number of hydrogen-bond donors (Lipinski definition) is 2. The van der Waals surface area contributed by atoms with E-state index in [0.717, 1.165) is 16.5 Å². The number of para-hydroxylation sites is 1. The summed E-state index contributed by atoms with van der Waals surface area (Å²) in [6.07, 6.45) is -0.895. The van der Waals surface area contributed by atoms with Crippen molar-refractivity contribution < 1.29 is 19.0 Å². The van der Waals surface area contributed by atoms with Crippen molar-refractivity contribution in [2.45, 2.75) is 20.0 Å². The molecule has 0 saturated heterocycles. The van der Waals surface area contributed by atoms with Crippen LogP contribution >= 0.6 is 0 Å². The number of nitrogens with one attached hydrogen (secondary N) is 1. The van der Waals surface area contributed by atoms with Crippen molar-refractivity contribution in [1.82, 2.24) is 10.3 Å². The van der Waals surface area contributed by atoms with Gasteiger partial charge in [0.15, 0.2) is 0 Å². The Bertz CT molecular complexity index is 958. The fourth-order valence-electron chi connectivity index (χ4n) is 2.95. The summed E-state index contributed by atoms with van der Waals surface area (Å²) in [4.78, 5) is 17.1. The molecule has 0 aliphatic rings. The molecule has 0 saturated carbocycles. The van der Waals surface area contributed by atoms with E-state index in [1.54, 1.807) is 6.92 Å². The molecule has 2 aromatic carbocycles. The van der Waals surface area contributed by atoms with Crippen LogP contribution in [0.4, 0.5) is 4.39 Å². The molecule has 0 fully saturated rings. The zero-order valence-corrected chi connectivity index (χ0v) is 15.2. The molecule has 0 spiro atoms. The van der Waals surface area contributed by atoms with E-state index < -0.39 is 6.10 Å². The van der Waals surface area contributed by atoms with Crippen LogP contribution in [0, 0.1) is 19.7 Å². The maximum atomic E-state index is 12.9. The van der Waals surface area contributed by atoms with Crippen LogP contribution in [-0.2, 0) is 0 Å². The van der Waals surface area contributed by atoms with Gasteiger partial charge in [0.25, 0.3) is 5.91 Å². The van der Waals surface area contributed by atoms with Crippen LogP contribution in [0.3, 0.4) is 0 Å². The van der Waals surface area contributed by atoms with Crippen molar-refractivity contribution in [1.29, 1.82) is 0 Å². The van der Waals surface area contributed by atoms with Crippen LogP contribution in [0.25, 0.3) is 10.9 Å². The smallest absolute Gasteiger partial charge is 0.253 e. The number of carbonyl (C=O) groups excluding carboxylic acids is 1. The first kappa shape index (κ1) is 18.8. The number of amides is 1. The van der Waals surface area contributed by atoms with Crippen molar-refractivity contribution in [2.24, 2.45) is 0 Å². The molecule has 27 heavy (non-hydrogen) atoms. The number of pyridine rings is 1. The second kappa shape index (κ2) is 8.14. The Hall–Kier alpha value is -2.99. The molecular formula is C21H21FN2O3. The molecule has 3 aromatic rings. The number of nitrogens with zero attached hydrogens (tertiary/aromatic N) is 1. The van der Waals surface area contributed by atoms with Crippen LogP contribution in [0.1, 0.15) is 21.6 Å². The fourth-order valence-corrected chi connectivity index (χ4v) is 2.95. The minimum atomic E-state index is -0.895. The van der Waals surface area contributed by atoms with Gasteiger partial charge in [0.2, 0.25) is 0 Å². The number of rotatable bonds is 6. The van der Waals surface area contributed by atoms with E-state index in [0.29, 0.717) is 17.0 Å². The van der Waals surface area contributed by atoms with Gasteiger partial charge in [-0.05, 0) is 49.7 Å². The predicted molar refractivity (Wildman–Crippen MR) is 101 cm³/mol. The number of aryl methyl sites for hydroxylation is 2. The summed E-state index contributed by atoms with van der Waals surface area (Å²) in [5.74, 6) is -0.193. The normalized spacial score (nSPS) is 12.0. The maximum absolute atomic E-state index is 12.9. The van der Waals surface area contributed by atoms with Crippen LogP contribution in [0.15, 0.2) is 48.5 Å². The fraction of sp³-hybridized carbons (Fsp3) is 0.238. The van der Waals surface area contributed by atoms with E-state index in [4.69, 9.17) is 4.74 Å². The second-order valence-corrected chi connectivity index (χ2v) is 6.34. The monoisotopic (exact) mass is 368 g/mol. The SMILES string of the molecule is Cc1nc2ccccc2c(C)c1C(=O)NCC(O)COc1ccc(F)cc1. The molecular weight excluding hydrogens is 347 g/mol. The number of aliphatic hydroxyl groups is 1. The van der Waals surface area contributed by atoms with Gasteiger partial charge < -0.3 is 15.2 Å². The van der Waals surface area contributed by atoms with Gasteiger partial charge in [-0.2, -0.15) is 0 Å². The zero-order valence-electron chi connectivity index (χ0n) is 15.2. The summed E-state index contributed by atoms with van der Waals surface area (Å²) >= 11 is 0. The molecule has 1 unspecified atom stereocenters. The maximum Gasteiger partial charge on any atom is 0.253 e. The number of fused-ring (bicyclic) bond motifs is 1. The highest BCUT2D eigenvalue weighted by molar-refractivity contribution is 6.01. The molecule has 0 aliphatic heterocycles. The summed E-state index contributed by atoms with van der Waals surface area (Å²) in [7, 11) is 0. The third kappa shape index (κ3) is 4.41. The first-order chi connectivity index (χ1) is 13.0. The van der Waals surface area contributed by atoms with Gasteiger partial charge in [-0.3, -0.25) is 9.78 Å². The molecule has 140 valence electrons. The van der Waals surface area contributed by atoms with Crippen LogP contribution in [0.2, 0.25) is 0 Å². The van der Waals surface area contributed by atoms with Crippen molar-refractivity contribution in [2.75, 3.05) is 13.2 Å². The summed E-state index contributed by atoms with van der Waals surface area (Å²) in [6, 6.07) is 13.2. The molecule has 1 aromatic heterocycles. The van der Waals surface area contributed by atoms with Gasteiger partial charge >= 0.3 is 0 Å². The molecule has 3 rings (SSSR count). The zero-order chi connectivity index (χ0) is 19.4. The van der Waals surface area contributed by atoms with Crippen molar-refractivity contribution >= 4 is 16.8 Å². The van der Waals surface area contributed by atoms with Gasteiger partial charge in [0.05, 0.1) is 16.8 Å². The highest BCUT2D eigenvalue weighted by Crippen LogP contribution is 2.22. The van der Waals surface area contributed by atoms with Crippen molar-refractivity contribution in [3.05, 3.63) is 71.2 Å². The molecule has 1 amide bonds. The number of ether oxygens (including phenoxy) is 1. The van der Waals surface area contributed by atoms with Gasteiger partial charge in [0, 0.05) is 11.9 Å². The minimum absolute atomic E-state index is 0.0140. The lowest BCUT2D eigenvalue weighted by molar-refractivity contribution is 0.0842. The second-order valence-electron chi connectivity index (χ2n) is 6.34. The van der Waals surface area contributed by atoms with E-state index in [1.165, 1.54) is 24.3 Å². The van der Waals surface area contributed by atoms with E-state index in [2.05, 4.69) is 10.3 Å². The van der Waals surface area contributed by atoms with E-state index >= 15 is 0 Å². The molecule has 6 heteroatoms. The lowest BCUT2D eigenvalue weighted by Gasteiger charge is -2.15. The standard InChI is InChI=1S/C21H21FN2O3/c1-13-18-5-3-4-6-19(18)24-14(2)20(13)21(26)23-11-16(25)12-27-17-9-7-15(22)8-10-17/h3-10,16,25H,11-12H2,1-2H3,(H,23,26). The summed E-state index contributed by atoms with van der Waals surface area (Å²) in [5.41, 5.74) is 2.85. The van der Waals surface area contributed by atoms with Gasteiger partial charge in [-0.15, -0.1) is 0 Å². The summed E-state index contributed by atoms with van der Waals surface area (Å²) in [5, 5.41) is 13.7. The Morgan fingerprint density at radius 1 is 1.19 bits per heavy atom. The molecule has 2 N–H and O–H groups in total. The van der Waals surface area contributed by atoms with E-state index in [1.807, 2.05) is 31.2 Å². The number of carbonyl (C=O) groups is 1. The van der Waals surface area contributed by atoms with E-state index in [9.17, 15) is 14.3 Å². The van der Waals surface area contributed by atoms with Crippen molar-refractivity contribution in [3.63, 3.8) is 0 Å². The topological polar surface area (TPSA) is 71.5 Å². The number of aromatic nitrogens is 1. The highest BCUT2D eigenvalue weighted by Gasteiger charge is 2.17. The van der Waals surface area contributed by atoms with Crippen LogP contribution < -0.4 is 10.1 Å². The molecule has 1 heterocycles. The quantitative estimate of drug-likeness (QED) is 0.701. The molecule has 1 atom stereocenters. The minimum Gasteiger partial charge on any atom is -0.491 e. The average Bonchev–Trinajstić information content (AvgIpc) is 2.66. The van der Waals surface area contributed by atoms with E-state index in [-0.39, 0.29) is 24.9 Å².